The lowest BCUT2D eigenvalue weighted by Gasteiger charge is -2.39. The van der Waals surface area contributed by atoms with E-state index in [2.05, 4.69) is 10.1 Å². The second-order valence-electron chi connectivity index (χ2n) is 7.72. The van der Waals surface area contributed by atoms with Gasteiger partial charge in [-0.15, -0.1) is 0 Å². The molecule has 0 radical (unpaired) electrons. The first-order valence-corrected chi connectivity index (χ1v) is 10.7. The summed E-state index contributed by atoms with van der Waals surface area (Å²) >= 11 is 6.11. The van der Waals surface area contributed by atoms with Crippen molar-refractivity contribution in [2.24, 2.45) is 0 Å². The quantitative estimate of drug-likeness (QED) is 0.308. The molecule has 5 rings (SSSR count). The Bertz CT molecular complexity index is 1320. The number of anilines is 1. The average molecular weight is 460 g/mol. The van der Waals surface area contributed by atoms with Crippen LogP contribution < -0.4 is 4.90 Å². The molecule has 1 aliphatic heterocycles. The Morgan fingerprint density at radius 2 is 1.70 bits per heavy atom. The SMILES string of the molecule is O=C(c1cccc([N+](=O)[O-])c1)N1c2ncnn2[C@H](c2ccccc2)C[C@@H]1c1ccc(Cl)cc1. The van der Waals surface area contributed by atoms with Crippen molar-refractivity contribution in [3.63, 3.8) is 0 Å². The minimum absolute atomic E-state index is 0.140. The van der Waals surface area contributed by atoms with Gasteiger partial charge in [-0.1, -0.05) is 60.1 Å². The monoisotopic (exact) mass is 459 g/mol. The molecule has 33 heavy (non-hydrogen) atoms. The van der Waals surface area contributed by atoms with E-state index in [1.165, 1.54) is 24.5 Å². The van der Waals surface area contributed by atoms with Gasteiger partial charge in [0.1, 0.15) is 6.33 Å². The molecule has 0 fully saturated rings. The van der Waals surface area contributed by atoms with Crippen LogP contribution in [-0.2, 0) is 0 Å². The molecule has 2 atom stereocenters. The van der Waals surface area contributed by atoms with Crippen LogP contribution in [0.5, 0.6) is 0 Å². The van der Waals surface area contributed by atoms with Gasteiger partial charge >= 0.3 is 0 Å². The highest BCUT2D eigenvalue weighted by molar-refractivity contribution is 6.30. The second kappa shape index (κ2) is 8.48. The lowest BCUT2D eigenvalue weighted by molar-refractivity contribution is -0.384. The van der Waals surface area contributed by atoms with Gasteiger partial charge in [-0.3, -0.25) is 19.8 Å². The average Bonchev–Trinajstić information content (AvgIpc) is 3.33. The molecule has 1 aliphatic rings. The van der Waals surface area contributed by atoms with Crippen molar-refractivity contribution < 1.29 is 9.72 Å². The maximum Gasteiger partial charge on any atom is 0.270 e. The summed E-state index contributed by atoms with van der Waals surface area (Å²) in [6, 6.07) is 22.4. The summed E-state index contributed by atoms with van der Waals surface area (Å²) in [5, 5.41) is 16.3. The number of carbonyl (C=O) groups excluding carboxylic acids is 1. The van der Waals surface area contributed by atoms with Crippen LogP contribution in [-0.4, -0.2) is 25.6 Å². The predicted octanol–water partition coefficient (Wildman–Crippen LogP) is 5.22. The van der Waals surface area contributed by atoms with Gasteiger partial charge in [0.25, 0.3) is 11.6 Å². The summed E-state index contributed by atoms with van der Waals surface area (Å²) < 4.78 is 1.73. The Labute approximate surface area is 194 Å². The minimum atomic E-state index is -0.516. The van der Waals surface area contributed by atoms with Crippen LogP contribution >= 0.6 is 11.6 Å². The molecular weight excluding hydrogens is 442 g/mol. The van der Waals surface area contributed by atoms with Crippen molar-refractivity contribution in [1.82, 2.24) is 14.8 Å². The normalized spacial score (nSPS) is 17.4. The van der Waals surface area contributed by atoms with Crippen LogP contribution in [0, 0.1) is 10.1 Å². The van der Waals surface area contributed by atoms with Crippen molar-refractivity contribution >= 4 is 29.1 Å². The van der Waals surface area contributed by atoms with Gasteiger partial charge in [-0.25, -0.2) is 4.68 Å². The summed E-state index contributed by atoms with van der Waals surface area (Å²) in [4.78, 5) is 30.4. The van der Waals surface area contributed by atoms with Crippen molar-refractivity contribution in [1.29, 1.82) is 0 Å². The molecule has 1 aromatic heterocycles. The third-order valence-corrected chi connectivity index (χ3v) is 6.04. The Morgan fingerprint density at radius 3 is 2.42 bits per heavy atom. The summed E-state index contributed by atoms with van der Waals surface area (Å²) in [7, 11) is 0. The maximum absolute atomic E-state index is 13.7. The number of rotatable bonds is 4. The van der Waals surface area contributed by atoms with E-state index in [0.29, 0.717) is 17.4 Å². The molecule has 3 aromatic carbocycles. The first-order chi connectivity index (χ1) is 16.0. The second-order valence-corrected chi connectivity index (χ2v) is 8.15. The largest absolute Gasteiger partial charge is 0.270 e. The molecule has 1 amide bonds. The Kier molecular flexibility index (Phi) is 5.35. The van der Waals surface area contributed by atoms with E-state index < -0.39 is 4.92 Å². The van der Waals surface area contributed by atoms with E-state index in [0.717, 1.165) is 11.1 Å². The molecule has 2 heterocycles. The topological polar surface area (TPSA) is 94.2 Å². The van der Waals surface area contributed by atoms with Crippen LogP contribution in [0.3, 0.4) is 0 Å². The number of nitrogens with zero attached hydrogens (tertiary/aromatic N) is 5. The fraction of sp³-hybridized carbons (Fsp3) is 0.125. The maximum atomic E-state index is 13.7. The molecule has 0 unspecified atom stereocenters. The number of aromatic nitrogens is 3. The van der Waals surface area contributed by atoms with Crippen LogP contribution in [0.1, 0.15) is 40.0 Å². The Balaban J connectivity index is 1.64. The van der Waals surface area contributed by atoms with Gasteiger partial charge in [0.05, 0.1) is 17.0 Å². The molecule has 0 saturated heterocycles. The highest BCUT2D eigenvalue weighted by Crippen LogP contribution is 2.42. The number of carbonyl (C=O) groups is 1. The van der Waals surface area contributed by atoms with E-state index in [1.54, 1.807) is 27.8 Å². The van der Waals surface area contributed by atoms with E-state index in [4.69, 9.17) is 11.6 Å². The van der Waals surface area contributed by atoms with Crippen LogP contribution in [0.4, 0.5) is 11.6 Å². The summed E-state index contributed by atoms with van der Waals surface area (Å²) in [5.74, 6) is -0.00836. The third kappa shape index (κ3) is 3.85. The molecule has 4 aromatic rings. The highest BCUT2D eigenvalue weighted by atomic mass is 35.5. The number of amides is 1. The smallest absolute Gasteiger partial charge is 0.269 e. The van der Waals surface area contributed by atoms with Gasteiger partial charge in [0.15, 0.2) is 0 Å². The molecule has 0 aliphatic carbocycles. The zero-order chi connectivity index (χ0) is 22.9. The van der Waals surface area contributed by atoms with E-state index in [-0.39, 0.29) is 29.2 Å². The zero-order valence-electron chi connectivity index (χ0n) is 17.3. The number of nitro benzene ring substituents is 1. The summed E-state index contributed by atoms with van der Waals surface area (Å²) in [6.07, 6.45) is 1.96. The van der Waals surface area contributed by atoms with Crippen molar-refractivity contribution in [2.45, 2.75) is 18.5 Å². The van der Waals surface area contributed by atoms with Crippen molar-refractivity contribution in [3.8, 4) is 0 Å². The first-order valence-electron chi connectivity index (χ1n) is 10.3. The number of hydrogen-bond donors (Lipinski definition) is 0. The number of benzene rings is 3. The van der Waals surface area contributed by atoms with Gasteiger partial charge in [0, 0.05) is 22.7 Å². The molecule has 0 N–H and O–H groups in total. The standard InChI is InChI=1S/C24H18ClN5O3/c25-19-11-9-17(10-12-19)21-14-22(16-5-2-1-3-6-16)29-24(26-15-27-29)28(21)23(31)18-7-4-8-20(13-18)30(32)33/h1-13,15,21-22H,14H2/t21-,22+/m1/s1. The fourth-order valence-electron chi connectivity index (χ4n) is 4.24. The number of hydrogen-bond acceptors (Lipinski definition) is 5. The summed E-state index contributed by atoms with van der Waals surface area (Å²) in [6.45, 7) is 0. The van der Waals surface area contributed by atoms with Crippen LogP contribution in [0.2, 0.25) is 5.02 Å². The number of non-ortho nitro benzene ring substituents is 1. The first kappa shape index (κ1) is 20.8. The zero-order valence-corrected chi connectivity index (χ0v) is 18.0. The molecule has 8 nitrogen and oxygen atoms in total. The minimum Gasteiger partial charge on any atom is -0.269 e. The Morgan fingerprint density at radius 1 is 0.970 bits per heavy atom. The molecule has 9 heteroatoms. The number of halogens is 1. The molecule has 0 bridgehead atoms. The van der Waals surface area contributed by atoms with Crippen LogP contribution in [0.15, 0.2) is 85.2 Å². The molecule has 0 saturated carbocycles. The lowest BCUT2D eigenvalue weighted by atomic mass is 9.91. The number of nitro groups is 1. The van der Waals surface area contributed by atoms with Gasteiger partial charge in [0.2, 0.25) is 5.95 Å². The van der Waals surface area contributed by atoms with Gasteiger partial charge < -0.3 is 0 Å². The van der Waals surface area contributed by atoms with Crippen molar-refractivity contribution in [3.05, 3.63) is 117 Å². The van der Waals surface area contributed by atoms with E-state index in [9.17, 15) is 14.9 Å². The number of fused-ring (bicyclic) bond motifs is 1. The van der Waals surface area contributed by atoms with Crippen LogP contribution in [0.25, 0.3) is 0 Å². The molecule has 0 spiro atoms. The fourth-order valence-corrected chi connectivity index (χ4v) is 4.36. The van der Waals surface area contributed by atoms with E-state index >= 15 is 0 Å². The van der Waals surface area contributed by atoms with Crippen molar-refractivity contribution in [2.75, 3.05) is 4.90 Å². The predicted molar refractivity (Wildman–Crippen MR) is 123 cm³/mol. The van der Waals surface area contributed by atoms with E-state index in [1.807, 2.05) is 42.5 Å². The molecular formula is C24H18ClN5O3. The Hall–Kier alpha value is -4.04. The third-order valence-electron chi connectivity index (χ3n) is 5.78. The highest BCUT2D eigenvalue weighted by Gasteiger charge is 2.40. The van der Waals surface area contributed by atoms with Gasteiger partial charge in [-0.05, 0) is 35.7 Å². The van der Waals surface area contributed by atoms with Gasteiger partial charge in [-0.2, -0.15) is 10.1 Å². The summed E-state index contributed by atoms with van der Waals surface area (Å²) in [5.41, 5.74) is 1.99. The lowest BCUT2D eigenvalue weighted by Crippen LogP contribution is -2.42. The molecule has 164 valence electrons.